The molecule has 150 valence electrons. The molecule has 0 atom stereocenters. The van der Waals surface area contributed by atoms with Gasteiger partial charge in [-0.3, -0.25) is 9.78 Å². The van der Waals surface area contributed by atoms with Crippen molar-refractivity contribution in [2.45, 2.75) is 13.2 Å². The maximum absolute atomic E-state index is 13.0. The standard InChI is InChI=1S/C23H18FN3O2S/c24-19-5-1-17(2-6-19)14-29-20-7-3-18(4-8-20)23-27-21(15-30-23)22(28)26-13-16-9-11-25-12-10-16/h1-12,15H,13-14H2,(H,26,28). The minimum atomic E-state index is -0.267. The van der Waals surface area contributed by atoms with E-state index in [1.807, 2.05) is 36.4 Å². The fourth-order valence-electron chi connectivity index (χ4n) is 2.73. The summed E-state index contributed by atoms with van der Waals surface area (Å²) in [5.74, 6) is 0.223. The summed E-state index contributed by atoms with van der Waals surface area (Å²) in [4.78, 5) is 20.7. The van der Waals surface area contributed by atoms with Crippen molar-refractivity contribution >= 4 is 17.2 Å². The zero-order valence-electron chi connectivity index (χ0n) is 15.9. The largest absolute Gasteiger partial charge is 0.489 e. The van der Waals surface area contributed by atoms with Crippen molar-refractivity contribution in [3.05, 3.63) is 101 Å². The van der Waals surface area contributed by atoms with E-state index in [0.29, 0.717) is 24.6 Å². The number of thiazole rings is 1. The van der Waals surface area contributed by atoms with Gasteiger partial charge in [-0.25, -0.2) is 9.37 Å². The first-order valence-corrected chi connectivity index (χ1v) is 10.2. The number of halogens is 1. The zero-order chi connectivity index (χ0) is 20.8. The summed E-state index contributed by atoms with van der Waals surface area (Å²) in [6.45, 7) is 0.785. The highest BCUT2D eigenvalue weighted by Crippen LogP contribution is 2.26. The summed E-state index contributed by atoms with van der Waals surface area (Å²) in [5.41, 5.74) is 3.16. The molecule has 1 N–H and O–H groups in total. The molecule has 2 aromatic carbocycles. The maximum Gasteiger partial charge on any atom is 0.271 e. The first-order chi connectivity index (χ1) is 14.7. The summed E-state index contributed by atoms with van der Waals surface area (Å²) in [7, 11) is 0. The van der Waals surface area contributed by atoms with Gasteiger partial charge in [-0.15, -0.1) is 11.3 Å². The van der Waals surface area contributed by atoms with Crippen LogP contribution in [0.5, 0.6) is 5.75 Å². The lowest BCUT2D eigenvalue weighted by atomic mass is 10.2. The third kappa shape index (κ3) is 5.07. The highest BCUT2D eigenvalue weighted by atomic mass is 32.1. The van der Waals surface area contributed by atoms with Crippen molar-refractivity contribution in [2.75, 3.05) is 0 Å². The molecule has 5 nitrogen and oxygen atoms in total. The molecule has 7 heteroatoms. The molecule has 0 aliphatic heterocycles. The molecule has 0 fully saturated rings. The number of pyridine rings is 1. The first kappa shape index (κ1) is 19.7. The van der Waals surface area contributed by atoms with Crippen LogP contribution in [0, 0.1) is 5.82 Å². The van der Waals surface area contributed by atoms with Gasteiger partial charge in [0.15, 0.2) is 0 Å². The predicted octanol–water partition coefficient (Wildman–Crippen LogP) is 4.85. The van der Waals surface area contributed by atoms with Crippen LogP contribution in [-0.2, 0) is 13.2 Å². The van der Waals surface area contributed by atoms with Gasteiger partial charge < -0.3 is 10.1 Å². The summed E-state index contributed by atoms with van der Waals surface area (Å²) in [6, 6.07) is 17.4. The van der Waals surface area contributed by atoms with E-state index in [9.17, 15) is 9.18 Å². The second kappa shape index (κ2) is 9.28. The molecular weight excluding hydrogens is 401 g/mol. The first-order valence-electron chi connectivity index (χ1n) is 9.28. The Morgan fingerprint density at radius 1 is 0.967 bits per heavy atom. The average Bonchev–Trinajstić information content (AvgIpc) is 3.29. The topological polar surface area (TPSA) is 64.1 Å². The molecule has 4 rings (SSSR count). The van der Waals surface area contributed by atoms with Crippen molar-refractivity contribution in [1.29, 1.82) is 0 Å². The average molecular weight is 419 g/mol. The SMILES string of the molecule is O=C(NCc1ccncc1)c1csc(-c2ccc(OCc3ccc(F)cc3)cc2)n1. The van der Waals surface area contributed by atoms with Crippen LogP contribution in [0.4, 0.5) is 4.39 Å². The summed E-state index contributed by atoms with van der Waals surface area (Å²) in [5, 5.41) is 5.36. The van der Waals surface area contributed by atoms with Crippen molar-refractivity contribution in [3.8, 4) is 16.3 Å². The molecule has 0 aliphatic rings. The summed E-state index contributed by atoms with van der Waals surface area (Å²) in [6.07, 6.45) is 3.38. The van der Waals surface area contributed by atoms with E-state index in [1.165, 1.54) is 23.5 Å². The molecule has 4 aromatic rings. The third-order valence-electron chi connectivity index (χ3n) is 4.36. The highest BCUT2D eigenvalue weighted by molar-refractivity contribution is 7.13. The quantitative estimate of drug-likeness (QED) is 0.465. The fraction of sp³-hybridized carbons (Fsp3) is 0.0870. The monoisotopic (exact) mass is 419 g/mol. The van der Waals surface area contributed by atoms with Gasteiger partial charge in [0.2, 0.25) is 0 Å². The Morgan fingerprint density at radius 3 is 2.43 bits per heavy atom. The van der Waals surface area contributed by atoms with Crippen molar-refractivity contribution in [2.24, 2.45) is 0 Å². The molecule has 1 amide bonds. The van der Waals surface area contributed by atoms with Crippen molar-refractivity contribution in [3.63, 3.8) is 0 Å². The van der Waals surface area contributed by atoms with Crippen LogP contribution in [0.3, 0.4) is 0 Å². The van der Waals surface area contributed by atoms with Crippen LogP contribution in [0.25, 0.3) is 10.6 Å². The minimum Gasteiger partial charge on any atom is -0.489 e. The van der Waals surface area contributed by atoms with Gasteiger partial charge in [0.25, 0.3) is 5.91 Å². The van der Waals surface area contributed by atoms with Gasteiger partial charge in [-0.1, -0.05) is 12.1 Å². The number of benzene rings is 2. The molecule has 2 heterocycles. The molecule has 0 saturated carbocycles. The van der Waals surface area contributed by atoms with E-state index < -0.39 is 0 Å². The normalized spacial score (nSPS) is 10.6. The van der Waals surface area contributed by atoms with Crippen LogP contribution < -0.4 is 10.1 Å². The van der Waals surface area contributed by atoms with Crippen LogP contribution >= 0.6 is 11.3 Å². The molecule has 0 spiro atoms. The van der Waals surface area contributed by atoms with Crippen LogP contribution in [-0.4, -0.2) is 15.9 Å². The lowest BCUT2D eigenvalue weighted by Crippen LogP contribution is -2.23. The predicted molar refractivity (Wildman–Crippen MR) is 114 cm³/mol. The number of rotatable bonds is 7. The molecule has 0 aliphatic carbocycles. The van der Waals surface area contributed by atoms with Gasteiger partial charge in [0.05, 0.1) is 0 Å². The molecule has 0 bridgehead atoms. The van der Waals surface area contributed by atoms with Crippen LogP contribution in [0.2, 0.25) is 0 Å². The molecular formula is C23H18FN3O2S. The van der Waals surface area contributed by atoms with E-state index in [0.717, 1.165) is 21.7 Å². The van der Waals surface area contributed by atoms with Crippen molar-refractivity contribution in [1.82, 2.24) is 15.3 Å². The molecule has 0 unspecified atom stereocenters. The van der Waals surface area contributed by atoms with E-state index in [1.54, 1.807) is 29.9 Å². The number of hydrogen-bond donors (Lipinski definition) is 1. The van der Waals surface area contributed by atoms with Gasteiger partial charge in [-0.2, -0.15) is 0 Å². The maximum atomic E-state index is 13.0. The number of carbonyl (C=O) groups is 1. The number of nitrogens with zero attached hydrogens (tertiary/aromatic N) is 2. The van der Waals surface area contributed by atoms with Crippen molar-refractivity contribution < 1.29 is 13.9 Å². The van der Waals surface area contributed by atoms with Gasteiger partial charge in [0.1, 0.15) is 28.9 Å². The Balaban J connectivity index is 1.34. The number of hydrogen-bond acceptors (Lipinski definition) is 5. The zero-order valence-corrected chi connectivity index (χ0v) is 16.7. The van der Waals surface area contributed by atoms with Gasteiger partial charge in [0, 0.05) is 29.9 Å². The molecule has 2 aromatic heterocycles. The van der Waals surface area contributed by atoms with E-state index in [2.05, 4.69) is 15.3 Å². The molecule has 0 saturated heterocycles. The lowest BCUT2D eigenvalue weighted by molar-refractivity contribution is 0.0946. The Bertz CT molecular complexity index is 1110. The van der Waals surface area contributed by atoms with Crippen LogP contribution in [0.1, 0.15) is 21.6 Å². The van der Waals surface area contributed by atoms with Gasteiger partial charge in [-0.05, 0) is 59.7 Å². The molecule has 0 radical (unpaired) electrons. The second-order valence-corrected chi connectivity index (χ2v) is 7.37. The highest BCUT2D eigenvalue weighted by Gasteiger charge is 2.12. The lowest BCUT2D eigenvalue weighted by Gasteiger charge is -2.07. The Hall–Kier alpha value is -3.58. The van der Waals surface area contributed by atoms with Crippen LogP contribution in [0.15, 0.2) is 78.4 Å². The smallest absolute Gasteiger partial charge is 0.271 e. The summed E-state index contributed by atoms with van der Waals surface area (Å²) >= 11 is 1.41. The third-order valence-corrected chi connectivity index (χ3v) is 5.25. The number of amides is 1. The van der Waals surface area contributed by atoms with Gasteiger partial charge >= 0.3 is 0 Å². The van der Waals surface area contributed by atoms with E-state index >= 15 is 0 Å². The van der Waals surface area contributed by atoms with E-state index in [4.69, 9.17) is 4.74 Å². The Morgan fingerprint density at radius 2 is 1.70 bits per heavy atom. The van der Waals surface area contributed by atoms with E-state index in [-0.39, 0.29) is 11.7 Å². The number of aromatic nitrogens is 2. The molecule has 30 heavy (non-hydrogen) atoms. The summed E-state index contributed by atoms with van der Waals surface area (Å²) < 4.78 is 18.7. The fourth-order valence-corrected chi connectivity index (χ4v) is 3.53. The number of nitrogens with one attached hydrogen (secondary N) is 1. The number of carbonyl (C=O) groups excluding carboxylic acids is 1. The Labute approximate surface area is 177 Å². The second-order valence-electron chi connectivity index (χ2n) is 6.52. The number of ether oxygens (including phenoxy) is 1. The minimum absolute atomic E-state index is 0.214. The Kier molecular flexibility index (Phi) is 6.10.